The van der Waals surface area contributed by atoms with Crippen molar-refractivity contribution in [2.45, 2.75) is 60.1 Å². The Kier molecular flexibility index (Phi) is 5.24. The highest BCUT2D eigenvalue weighted by atomic mass is 16.5. The lowest BCUT2D eigenvalue weighted by Crippen LogP contribution is -2.23. The number of nitrogens with zero attached hydrogens (tertiary/aromatic N) is 1. The van der Waals surface area contributed by atoms with Crippen LogP contribution in [0.1, 0.15) is 43.2 Å². The summed E-state index contributed by atoms with van der Waals surface area (Å²) in [6.07, 6.45) is 0.218. The van der Waals surface area contributed by atoms with Crippen molar-refractivity contribution in [3.8, 4) is 16.9 Å². The van der Waals surface area contributed by atoms with Crippen LogP contribution in [0.15, 0.2) is 24.3 Å². The number of ether oxygens (including phenoxy) is 2. The summed E-state index contributed by atoms with van der Waals surface area (Å²) in [7, 11) is 1.44. The van der Waals surface area contributed by atoms with Crippen molar-refractivity contribution in [2.75, 3.05) is 19.0 Å². The van der Waals surface area contributed by atoms with Gasteiger partial charge in [0.2, 0.25) is 0 Å². The highest BCUT2D eigenvalue weighted by Crippen LogP contribution is 2.46. The zero-order chi connectivity index (χ0) is 22.5. The van der Waals surface area contributed by atoms with Crippen LogP contribution in [-0.2, 0) is 22.5 Å². The van der Waals surface area contributed by atoms with Crippen LogP contribution in [0.3, 0.4) is 0 Å². The van der Waals surface area contributed by atoms with E-state index in [1.165, 1.54) is 18.3 Å². The standard InChI is InChI=1S/C26H32N2O3/c1-15-8-9-18(21(12-15)31-26(4,5)6)23-19(14-22(29)30-7)17(3)24-25-20(23)13-16(2)28(25)11-10-27-24/h8-9,12-13,27H,10-11,14H2,1-7H3. The van der Waals surface area contributed by atoms with Crippen LogP contribution < -0.4 is 10.1 Å². The molecule has 0 bridgehead atoms. The number of anilines is 1. The molecule has 0 atom stereocenters. The molecule has 0 saturated carbocycles. The summed E-state index contributed by atoms with van der Waals surface area (Å²) in [5.74, 6) is 0.593. The summed E-state index contributed by atoms with van der Waals surface area (Å²) in [4.78, 5) is 12.4. The predicted octanol–water partition coefficient (Wildman–Crippen LogP) is 5.55. The number of benzene rings is 2. The van der Waals surface area contributed by atoms with Gasteiger partial charge in [-0.1, -0.05) is 12.1 Å². The van der Waals surface area contributed by atoms with Gasteiger partial charge in [-0.15, -0.1) is 0 Å². The minimum absolute atomic E-state index is 0.218. The molecule has 5 heteroatoms. The molecule has 1 aliphatic rings. The molecule has 0 fully saturated rings. The summed E-state index contributed by atoms with van der Waals surface area (Å²) in [5.41, 5.74) is 8.49. The SMILES string of the molecule is COC(=O)Cc1c(C)c2c3c(cc(C)n3CCN2)c1-c1ccc(C)cc1OC(C)(C)C. The smallest absolute Gasteiger partial charge is 0.310 e. The van der Waals surface area contributed by atoms with Crippen molar-refractivity contribution in [2.24, 2.45) is 0 Å². The molecule has 0 spiro atoms. The van der Waals surface area contributed by atoms with E-state index in [1.54, 1.807) is 0 Å². The van der Waals surface area contributed by atoms with E-state index in [-0.39, 0.29) is 18.0 Å². The molecular weight excluding hydrogens is 388 g/mol. The third kappa shape index (κ3) is 3.78. The summed E-state index contributed by atoms with van der Waals surface area (Å²) in [6.45, 7) is 14.3. The highest BCUT2D eigenvalue weighted by molar-refractivity contribution is 6.07. The van der Waals surface area contributed by atoms with Crippen LogP contribution in [-0.4, -0.2) is 29.8 Å². The summed E-state index contributed by atoms with van der Waals surface area (Å²) >= 11 is 0. The van der Waals surface area contributed by atoms with Crippen molar-refractivity contribution in [1.82, 2.24) is 4.57 Å². The minimum Gasteiger partial charge on any atom is -0.487 e. The van der Waals surface area contributed by atoms with E-state index in [1.807, 2.05) is 0 Å². The Morgan fingerprint density at radius 2 is 1.90 bits per heavy atom. The summed E-state index contributed by atoms with van der Waals surface area (Å²) in [5, 5.41) is 4.72. The summed E-state index contributed by atoms with van der Waals surface area (Å²) in [6, 6.07) is 8.56. The van der Waals surface area contributed by atoms with Crippen molar-refractivity contribution < 1.29 is 14.3 Å². The van der Waals surface area contributed by atoms with Gasteiger partial charge in [0.15, 0.2) is 0 Å². The van der Waals surface area contributed by atoms with Gasteiger partial charge in [-0.3, -0.25) is 4.79 Å². The third-order valence-corrected chi connectivity index (χ3v) is 5.95. The maximum absolute atomic E-state index is 12.4. The Balaban J connectivity index is 2.10. The van der Waals surface area contributed by atoms with Crippen LogP contribution in [0.4, 0.5) is 5.69 Å². The van der Waals surface area contributed by atoms with Gasteiger partial charge in [0.1, 0.15) is 11.4 Å². The number of carbonyl (C=O) groups is 1. The van der Waals surface area contributed by atoms with Crippen LogP contribution in [0.5, 0.6) is 5.75 Å². The van der Waals surface area contributed by atoms with E-state index >= 15 is 0 Å². The van der Waals surface area contributed by atoms with Crippen molar-refractivity contribution in [1.29, 1.82) is 0 Å². The number of nitrogens with one attached hydrogen (secondary N) is 1. The monoisotopic (exact) mass is 420 g/mol. The summed E-state index contributed by atoms with van der Waals surface area (Å²) < 4.78 is 13.8. The van der Waals surface area contributed by atoms with Gasteiger partial charge in [-0.2, -0.15) is 0 Å². The van der Waals surface area contributed by atoms with Crippen molar-refractivity contribution in [3.63, 3.8) is 0 Å². The molecule has 1 aliphatic heterocycles. The number of rotatable bonds is 4. The number of methoxy groups -OCH3 is 1. The quantitative estimate of drug-likeness (QED) is 0.562. The first-order valence-corrected chi connectivity index (χ1v) is 10.9. The number of esters is 1. The Hall–Kier alpha value is -2.95. The zero-order valence-corrected chi connectivity index (χ0v) is 19.6. The molecule has 31 heavy (non-hydrogen) atoms. The molecule has 5 nitrogen and oxygen atoms in total. The van der Waals surface area contributed by atoms with Gasteiger partial charge >= 0.3 is 5.97 Å². The van der Waals surface area contributed by atoms with E-state index in [4.69, 9.17) is 9.47 Å². The molecule has 0 amide bonds. The molecule has 1 N–H and O–H groups in total. The van der Waals surface area contributed by atoms with Gasteiger partial charge in [-0.05, 0) is 75.9 Å². The van der Waals surface area contributed by atoms with E-state index in [0.29, 0.717) is 0 Å². The van der Waals surface area contributed by atoms with Gasteiger partial charge in [0, 0.05) is 29.7 Å². The maximum Gasteiger partial charge on any atom is 0.310 e. The van der Waals surface area contributed by atoms with E-state index < -0.39 is 0 Å². The predicted molar refractivity (Wildman–Crippen MR) is 126 cm³/mol. The molecule has 164 valence electrons. The zero-order valence-electron chi connectivity index (χ0n) is 19.6. The molecule has 0 unspecified atom stereocenters. The fourth-order valence-corrected chi connectivity index (χ4v) is 4.61. The fraction of sp³-hybridized carbons (Fsp3) is 0.423. The second-order valence-corrected chi connectivity index (χ2v) is 9.45. The second kappa shape index (κ2) is 7.63. The first-order chi connectivity index (χ1) is 14.6. The minimum atomic E-state index is -0.339. The van der Waals surface area contributed by atoms with E-state index in [0.717, 1.165) is 57.7 Å². The number of aromatic nitrogens is 1. The van der Waals surface area contributed by atoms with Crippen LogP contribution in [0.25, 0.3) is 22.0 Å². The van der Waals surface area contributed by atoms with Crippen LogP contribution in [0, 0.1) is 20.8 Å². The van der Waals surface area contributed by atoms with Gasteiger partial charge < -0.3 is 19.4 Å². The number of carbonyl (C=O) groups excluding carboxylic acids is 1. The Morgan fingerprint density at radius 1 is 1.16 bits per heavy atom. The first-order valence-electron chi connectivity index (χ1n) is 10.9. The van der Waals surface area contributed by atoms with Crippen molar-refractivity contribution >= 4 is 22.6 Å². The lowest BCUT2D eigenvalue weighted by molar-refractivity contribution is -0.139. The molecule has 2 aromatic carbocycles. The average Bonchev–Trinajstić information content (AvgIpc) is 3.03. The van der Waals surface area contributed by atoms with Gasteiger partial charge in [-0.25, -0.2) is 0 Å². The van der Waals surface area contributed by atoms with Gasteiger partial charge in [0.25, 0.3) is 0 Å². The molecule has 2 heterocycles. The molecule has 3 aromatic rings. The second-order valence-electron chi connectivity index (χ2n) is 9.45. The number of aryl methyl sites for hydroxylation is 2. The highest BCUT2D eigenvalue weighted by Gasteiger charge is 2.27. The Bertz CT molecular complexity index is 1180. The average molecular weight is 421 g/mol. The Labute approximate surface area is 184 Å². The maximum atomic E-state index is 12.4. The Morgan fingerprint density at radius 3 is 2.58 bits per heavy atom. The molecule has 0 aliphatic carbocycles. The lowest BCUT2D eigenvalue weighted by Gasteiger charge is -2.27. The largest absolute Gasteiger partial charge is 0.487 e. The van der Waals surface area contributed by atoms with E-state index in [2.05, 4.69) is 75.7 Å². The lowest BCUT2D eigenvalue weighted by atomic mass is 9.88. The molecular formula is C26H32N2O3. The van der Waals surface area contributed by atoms with Crippen molar-refractivity contribution in [3.05, 3.63) is 46.6 Å². The molecule has 0 radical (unpaired) electrons. The molecule has 0 saturated heterocycles. The fourth-order valence-electron chi connectivity index (χ4n) is 4.61. The molecule has 1 aromatic heterocycles. The number of hydrogen-bond donors (Lipinski definition) is 1. The van der Waals surface area contributed by atoms with Crippen LogP contribution in [0.2, 0.25) is 0 Å². The third-order valence-electron chi connectivity index (χ3n) is 5.95. The number of hydrogen-bond acceptors (Lipinski definition) is 4. The first kappa shape index (κ1) is 21.3. The van der Waals surface area contributed by atoms with Crippen LogP contribution >= 0.6 is 0 Å². The topological polar surface area (TPSA) is 52.5 Å². The van der Waals surface area contributed by atoms with E-state index in [9.17, 15) is 4.79 Å². The molecule has 4 rings (SSSR count). The normalized spacial score (nSPS) is 13.3. The van der Waals surface area contributed by atoms with Gasteiger partial charge in [0.05, 0.1) is 24.7 Å².